The zero-order chi connectivity index (χ0) is 22.2. The summed E-state index contributed by atoms with van der Waals surface area (Å²) in [6, 6.07) is 5.91. The normalized spacial score (nSPS) is 18.8. The van der Waals surface area contributed by atoms with E-state index >= 15 is 0 Å². The zero-order valence-electron chi connectivity index (χ0n) is 19.8. The van der Waals surface area contributed by atoms with E-state index in [9.17, 15) is 9.59 Å². The van der Waals surface area contributed by atoms with Crippen LogP contribution in [0.25, 0.3) is 0 Å². The summed E-state index contributed by atoms with van der Waals surface area (Å²) < 4.78 is 0. The van der Waals surface area contributed by atoms with Gasteiger partial charge in [-0.25, -0.2) is 0 Å². The fraction of sp³-hybridized carbons (Fsp3) is 0.692. The molecule has 1 aliphatic heterocycles. The first-order valence-corrected chi connectivity index (χ1v) is 12.4. The lowest BCUT2D eigenvalue weighted by Gasteiger charge is -2.29. The summed E-state index contributed by atoms with van der Waals surface area (Å²) >= 11 is 0. The fourth-order valence-corrected chi connectivity index (χ4v) is 4.31. The number of nitrogens with one attached hydrogen (secondary N) is 1. The molecule has 0 atom stereocenters. The number of hydrogen-bond acceptors (Lipinski definition) is 3. The minimum absolute atomic E-state index is 0.00363. The van der Waals surface area contributed by atoms with Crippen LogP contribution in [-0.2, 0) is 11.3 Å². The van der Waals surface area contributed by atoms with Gasteiger partial charge in [-0.15, -0.1) is 0 Å². The summed E-state index contributed by atoms with van der Waals surface area (Å²) in [7, 11) is 0. The van der Waals surface area contributed by atoms with Gasteiger partial charge in [-0.3, -0.25) is 14.5 Å². The van der Waals surface area contributed by atoms with Gasteiger partial charge in [0.25, 0.3) is 5.91 Å². The Morgan fingerprint density at radius 3 is 2.45 bits per heavy atom. The zero-order valence-corrected chi connectivity index (χ0v) is 19.8. The van der Waals surface area contributed by atoms with Crippen molar-refractivity contribution in [2.45, 2.75) is 78.7 Å². The van der Waals surface area contributed by atoms with E-state index in [-0.39, 0.29) is 11.8 Å². The summed E-state index contributed by atoms with van der Waals surface area (Å²) in [6.07, 6.45) is 9.49. The molecule has 1 heterocycles. The number of amides is 2. The molecule has 0 unspecified atom stereocenters. The van der Waals surface area contributed by atoms with E-state index in [4.69, 9.17) is 0 Å². The third kappa shape index (κ3) is 7.64. The minimum atomic E-state index is 0.00363. The highest BCUT2D eigenvalue weighted by molar-refractivity contribution is 5.97. The number of rotatable bonds is 6. The molecule has 1 aromatic carbocycles. The molecule has 0 bridgehead atoms. The highest BCUT2D eigenvalue weighted by atomic mass is 16.2. The molecule has 31 heavy (non-hydrogen) atoms. The van der Waals surface area contributed by atoms with Gasteiger partial charge in [0.15, 0.2) is 0 Å². The minimum Gasteiger partial charge on any atom is -0.352 e. The molecule has 1 aliphatic carbocycles. The van der Waals surface area contributed by atoms with E-state index in [2.05, 4.69) is 24.1 Å². The Balaban J connectivity index is 1.87. The number of hydrogen-bond donors (Lipinski definition) is 1. The Morgan fingerprint density at radius 1 is 1.06 bits per heavy atom. The van der Waals surface area contributed by atoms with Gasteiger partial charge in [0.2, 0.25) is 5.91 Å². The molecule has 172 valence electrons. The lowest BCUT2D eigenvalue weighted by Crippen LogP contribution is -2.33. The van der Waals surface area contributed by atoms with Crippen molar-refractivity contribution >= 4 is 17.5 Å². The maximum Gasteiger partial charge on any atom is 0.251 e. The second-order valence-electron chi connectivity index (χ2n) is 9.89. The molecule has 2 aliphatic rings. The van der Waals surface area contributed by atoms with Gasteiger partial charge in [-0.1, -0.05) is 33.1 Å². The molecule has 2 amide bonds. The molecule has 0 aromatic heterocycles. The largest absolute Gasteiger partial charge is 0.352 e. The van der Waals surface area contributed by atoms with Crippen molar-refractivity contribution in [2.24, 2.45) is 11.8 Å². The van der Waals surface area contributed by atoms with Gasteiger partial charge in [0.1, 0.15) is 0 Å². The molecule has 0 saturated heterocycles. The van der Waals surface area contributed by atoms with Gasteiger partial charge in [0, 0.05) is 37.8 Å². The van der Waals surface area contributed by atoms with Crippen LogP contribution in [0.3, 0.4) is 0 Å². The van der Waals surface area contributed by atoms with Crippen molar-refractivity contribution in [2.75, 3.05) is 31.1 Å². The van der Waals surface area contributed by atoms with E-state index in [0.717, 1.165) is 63.2 Å². The Bertz CT molecular complexity index is 742. The predicted molar refractivity (Wildman–Crippen MR) is 127 cm³/mol. The fourth-order valence-electron chi connectivity index (χ4n) is 4.31. The van der Waals surface area contributed by atoms with Crippen LogP contribution < -0.4 is 10.2 Å². The van der Waals surface area contributed by atoms with Crippen molar-refractivity contribution in [1.82, 2.24) is 10.2 Å². The number of nitrogens with zero attached hydrogens (tertiary/aromatic N) is 2. The van der Waals surface area contributed by atoms with E-state index in [1.165, 1.54) is 32.1 Å². The van der Waals surface area contributed by atoms with Crippen molar-refractivity contribution in [3.8, 4) is 0 Å². The Kier molecular flexibility index (Phi) is 8.94. The Labute approximate surface area is 188 Å². The van der Waals surface area contributed by atoms with Gasteiger partial charge in [0.05, 0.1) is 0 Å². The maximum absolute atomic E-state index is 12.7. The van der Waals surface area contributed by atoms with Gasteiger partial charge >= 0.3 is 0 Å². The molecule has 3 rings (SSSR count). The van der Waals surface area contributed by atoms with Crippen LogP contribution in [0.4, 0.5) is 5.69 Å². The lowest BCUT2D eigenvalue weighted by molar-refractivity contribution is -0.116. The van der Waals surface area contributed by atoms with Crippen molar-refractivity contribution in [3.05, 3.63) is 29.3 Å². The van der Waals surface area contributed by atoms with Crippen LogP contribution in [-0.4, -0.2) is 42.9 Å². The second kappa shape index (κ2) is 11.7. The summed E-state index contributed by atoms with van der Waals surface area (Å²) in [5, 5.41) is 3.09. The summed E-state index contributed by atoms with van der Waals surface area (Å²) in [5.41, 5.74) is 2.78. The smallest absolute Gasteiger partial charge is 0.251 e. The SMILES string of the molecule is CC(=O)N1CCCCCCCN(CCC(C)C)Cc2cc(C(=O)NCC3CC3)ccc21. The van der Waals surface area contributed by atoms with E-state index in [1.807, 2.05) is 23.1 Å². The van der Waals surface area contributed by atoms with Crippen molar-refractivity contribution < 1.29 is 9.59 Å². The molecule has 1 saturated carbocycles. The highest BCUT2D eigenvalue weighted by Crippen LogP contribution is 2.28. The molecule has 1 aromatic rings. The van der Waals surface area contributed by atoms with E-state index in [1.54, 1.807) is 6.92 Å². The molecule has 1 N–H and O–H groups in total. The standard InChI is InChI=1S/C26H41N3O2/c1-20(2)13-16-28-14-7-5-4-6-8-15-29(21(3)30)25-12-11-23(17-24(25)19-28)26(31)27-18-22-9-10-22/h11-12,17,20,22H,4-10,13-16,18-19H2,1-3H3,(H,27,31). The number of anilines is 1. The Morgan fingerprint density at radius 2 is 1.77 bits per heavy atom. The first kappa shape index (κ1) is 23.8. The summed E-state index contributed by atoms with van der Waals surface area (Å²) in [4.78, 5) is 29.7. The number of benzene rings is 1. The predicted octanol–water partition coefficient (Wildman–Crippen LogP) is 4.99. The number of carbonyl (C=O) groups is 2. The van der Waals surface area contributed by atoms with Crippen LogP contribution in [0.15, 0.2) is 18.2 Å². The highest BCUT2D eigenvalue weighted by Gasteiger charge is 2.23. The first-order chi connectivity index (χ1) is 14.9. The number of carbonyl (C=O) groups excluding carboxylic acids is 2. The maximum atomic E-state index is 12.7. The van der Waals surface area contributed by atoms with E-state index < -0.39 is 0 Å². The van der Waals surface area contributed by atoms with E-state index in [0.29, 0.717) is 17.4 Å². The quantitative estimate of drug-likeness (QED) is 0.696. The average molecular weight is 428 g/mol. The third-order valence-electron chi connectivity index (χ3n) is 6.53. The van der Waals surface area contributed by atoms with Gasteiger partial charge in [-0.05, 0) is 80.8 Å². The van der Waals surface area contributed by atoms with Crippen LogP contribution in [0.5, 0.6) is 0 Å². The second-order valence-corrected chi connectivity index (χ2v) is 9.89. The summed E-state index contributed by atoms with van der Waals surface area (Å²) in [5.74, 6) is 1.41. The molecule has 0 spiro atoms. The van der Waals surface area contributed by atoms with Crippen molar-refractivity contribution in [3.63, 3.8) is 0 Å². The van der Waals surface area contributed by atoms with Crippen molar-refractivity contribution in [1.29, 1.82) is 0 Å². The molecular weight excluding hydrogens is 386 g/mol. The molecule has 0 radical (unpaired) electrons. The Hall–Kier alpha value is -1.88. The molecule has 1 fully saturated rings. The van der Waals surface area contributed by atoms with Gasteiger partial charge < -0.3 is 10.2 Å². The summed E-state index contributed by atoms with van der Waals surface area (Å²) in [6.45, 7) is 10.6. The topological polar surface area (TPSA) is 52.7 Å². The monoisotopic (exact) mass is 427 g/mol. The van der Waals surface area contributed by atoms with Crippen LogP contribution in [0.2, 0.25) is 0 Å². The third-order valence-corrected chi connectivity index (χ3v) is 6.53. The van der Waals surface area contributed by atoms with Crippen LogP contribution in [0, 0.1) is 11.8 Å². The molecule has 5 heteroatoms. The van der Waals surface area contributed by atoms with Gasteiger partial charge in [-0.2, -0.15) is 0 Å². The lowest BCUT2D eigenvalue weighted by atomic mass is 10.0. The molecular formula is C26H41N3O2. The molecule has 5 nitrogen and oxygen atoms in total. The van der Waals surface area contributed by atoms with Crippen LogP contribution in [0.1, 0.15) is 88.1 Å². The van der Waals surface area contributed by atoms with Crippen LogP contribution >= 0.6 is 0 Å². The first-order valence-electron chi connectivity index (χ1n) is 12.4. The average Bonchev–Trinajstić information content (AvgIpc) is 3.55. The number of fused-ring (bicyclic) bond motifs is 1.